The number of primary amides is 1. The molecule has 3 rings (SSSR count). The number of aliphatic hydroxyl groups is 1. The molecule has 0 aromatic carbocycles. The minimum absolute atomic E-state index is 0.193. The standard InChI is InChI=1S/C18H18N4O3/c1-11(23)10-25-17-5-3-12(7-20-17)14-6-15-13(2-4-16(19)24)8-21-18(15)22-9-14/h2-9,11,23H,10H2,1H3,(H2,19,24)(H,21,22)/t11-/m1/s1. The highest BCUT2D eigenvalue weighted by Gasteiger charge is 2.07. The number of carbonyl (C=O) groups excluding carboxylic acids is 1. The van der Waals surface area contributed by atoms with Crippen molar-refractivity contribution in [3.8, 4) is 17.0 Å². The van der Waals surface area contributed by atoms with Crippen LogP contribution in [0.2, 0.25) is 0 Å². The normalized spacial score (nSPS) is 12.6. The third-order valence-electron chi connectivity index (χ3n) is 3.53. The Balaban J connectivity index is 1.88. The number of aromatic nitrogens is 3. The number of carbonyl (C=O) groups is 1. The third-order valence-corrected chi connectivity index (χ3v) is 3.53. The predicted molar refractivity (Wildman–Crippen MR) is 94.7 cm³/mol. The van der Waals surface area contributed by atoms with Crippen LogP contribution < -0.4 is 10.5 Å². The van der Waals surface area contributed by atoms with Crippen LogP contribution in [0.25, 0.3) is 28.2 Å². The van der Waals surface area contributed by atoms with Gasteiger partial charge in [-0.25, -0.2) is 9.97 Å². The number of fused-ring (bicyclic) bond motifs is 1. The number of ether oxygens (including phenoxy) is 1. The van der Waals surface area contributed by atoms with Crippen LogP contribution in [0.5, 0.6) is 5.88 Å². The molecule has 3 heterocycles. The first-order valence-corrected chi connectivity index (χ1v) is 7.75. The van der Waals surface area contributed by atoms with Crippen molar-refractivity contribution in [1.82, 2.24) is 15.0 Å². The van der Waals surface area contributed by atoms with Crippen molar-refractivity contribution < 1.29 is 14.6 Å². The van der Waals surface area contributed by atoms with E-state index in [1.807, 2.05) is 12.1 Å². The van der Waals surface area contributed by atoms with E-state index in [-0.39, 0.29) is 6.61 Å². The van der Waals surface area contributed by atoms with Crippen LogP contribution in [-0.2, 0) is 4.79 Å². The lowest BCUT2D eigenvalue weighted by molar-refractivity contribution is -0.113. The summed E-state index contributed by atoms with van der Waals surface area (Å²) in [6.07, 6.45) is 7.61. The molecule has 25 heavy (non-hydrogen) atoms. The van der Waals surface area contributed by atoms with E-state index in [1.54, 1.807) is 37.7 Å². The fraction of sp³-hybridized carbons (Fsp3) is 0.167. The summed E-state index contributed by atoms with van der Waals surface area (Å²) in [6.45, 7) is 1.84. The van der Waals surface area contributed by atoms with E-state index in [0.29, 0.717) is 5.88 Å². The van der Waals surface area contributed by atoms with Gasteiger partial charge >= 0.3 is 0 Å². The second kappa shape index (κ2) is 7.14. The molecular weight excluding hydrogens is 320 g/mol. The SMILES string of the molecule is C[C@@H](O)COc1ccc(-c2cnc3[nH]cc(C=CC(N)=O)c3c2)cn1. The third kappa shape index (κ3) is 4.02. The lowest BCUT2D eigenvalue weighted by Gasteiger charge is -2.08. The van der Waals surface area contributed by atoms with Crippen LogP contribution >= 0.6 is 0 Å². The molecule has 0 radical (unpaired) electrons. The van der Waals surface area contributed by atoms with Crippen LogP contribution in [0, 0.1) is 0 Å². The molecule has 7 nitrogen and oxygen atoms in total. The Morgan fingerprint density at radius 2 is 2.16 bits per heavy atom. The highest BCUT2D eigenvalue weighted by Crippen LogP contribution is 2.25. The van der Waals surface area contributed by atoms with Gasteiger partial charge in [-0.2, -0.15) is 0 Å². The monoisotopic (exact) mass is 338 g/mol. The zero-order valence-electron chi connectivity index (χ0n) is 13.6. The van der Waals surface area contributed by atoms with E-state index in [4.69, 9.17) is 10.5 Å². The maximum atomic E-state index is 10.9. The number of H-pyrrole nitrogens is 1. The zero-order chi connectivity index (χ0) is 17.8. The Kier molecular flexibility index (Phi) is 4.76. The number of pyridine rings is 2. The topological polar surface area (TPSA) is 114 Å². The van der Waals surface area contributed by atoms with Gasteiger partial charge in [0.2, 0.25) is 11.8 Å². The molecular formula is C18H18N4O3. The number of nitrogens with two attached hydrogens (primary N) is 1. The highest BCUT2D eigenvalue weighted by molar-refractivity contribution is 5.95. The van der Waals surface area contributed by atoms with Crippen molar-refractivity contribution >= 4 is 23.0 Å². The molecule has 4 N–H and O–H groups in total. The Labute approximate surface area is 144 Å². The summed E-state index contributed by atoms with van der Waals surface area (Å²) in [5.74, 6) is -0.0548. The number of hydrogen-bond acceptors (Lipinski definition) is 5. The first-order valence-electron chi connectivity index (χ1n) is 7.75. The van der Waals surface area contributed by atoms with Gasteiger partial charge in [0.05, 0.1) is 6.10 Å². The summed E-state index contributed by atoms with van der Waals surface area (Å²) in [6, 6.07) is 5.58. The molecule has 0 aliphatic rings. The van der Waals surface area contributed by atoms with Gasteiger partial charge in [-0.3, -0.25) is 4.79 Å². The molecule has 128 valence electrons. The van der Waals surface area contributed by atoms with Gasteiger partial charge in [-0.05, 0) is 25.1 Å². The number of nitrogens with zero attached hydrogens (tertiary/aromatic N) is 2. The van der Waals surface area contributed by atoms with Crippen molar-refractivity contribution in [3.63, 3.8) is 0 Å². The Morgan fingerprint density at radius 3 is 2.84 bits per heavy atom. The first kappa shape index (κ1) is 16.7. The molecule has 0 bridgehead atoms. The molecule has 0 aliphatic heterocycles. The van der Waals surface area contributed by atoms with Crippen molar-refractivity contribution in [3.05, 3.63) is 48.4 Å². The summed E-state index contributed by atoms with van der Waals surface area (Å²) >= 11 is 0. The van der Waals surface area contributed by atoms with Gasteiger partial charge in [0.25, 0.3) is 0 Å². The van der Waals surface area contributed by atoms with Crippen LogP contribution in [0.15, 0.2) is 42.9 Å². The maximum Gasteiger partial charge on any atom is 0.241 e. The number of rotatable bonds is 6. The van der Waals surface area contributed by atoms with Crippen molar-refractivity contribution in [2.75, 3.05) is 6.61 Å². The lowest BCUT2D eigenvalue weighted by atomic mass is 10.1. The zero-order valence-corrected chi connectivity index (χ0v) is 13.6. The Bertz CT molecular complexity index is 914. The number of aliphatic hydroxyl groups excluding tert-OH is 1. The van der Waals surface area contributed by atoms with Crippen molar-refractivity contribution in [2.45, 2.75) is 13.0 Å². The second-order valence-electron chi connectivity index (χ2n) is 5.65. The molecule has 0 spiro atoms. The molecule has 1 atom stereocenters. The maximum absolute atomic E-state index is 10.9. The summed E-state index contributed by atoms with van der Waals surface area (Å²) in [7, 11) is 0. The van der Waals surface area contributed by atoms with E-state index >= 15 is 0 Å². The molecule has 1 amide bonds. The van der Waals surface area contributed by atoms with Gasteiger partial charge in [0.1, 0.15) is 12.3 Å². The van der Waals surface area contributed by atoms with Crippen LogP contribution in [0.1, 0.15) is 12.5 Å². The van der Waals surface area contributed by atoms with Gasteiger partial charge in [-0.15, -0.1) is 0 Å². The quantitative estimate of drug-likeness (QED) is 0.594. The molecule has 0 fully saturated rings. The van der Waals surface area contributed by atoms with Gasteiger partial charge in [0.15, 0.2) is 0 Å². The number of nitrogens with one attached hydrogen (secondary N) is 1. The minimum Gasteiger partial charge on any atom is -0.475 e. The molecule has 0 saturated heterocycles. The summed E-state index contributed by atoms with van der Waals surface area (Å²) in [5.41, 5.74) is 8.46. The summed E-state index contributed by atoms with van der Waals surface area (Å²) < 4.78 is 5.35. The second-order valence-corrected chi connectivity index (χ2v) is 5.65. The molecule has 3 aromatic rings. The van der Waals surface area contributed by atoms with E-state index < -0.39 is 12.0 Å². The number of amides is 1. The number of aromatic amines is 1. The summed E-state index contributed by atoms with van der Waals surface area (Å²) in [5, 5.41) is 10.1. The van der Waals surface area contributed by atoms with E-state index in [0.717, 1.165) is 27.7 Å². The summed E-state index contributed by atoms with van der Waals surface area (Å²) in [4.78, 5) is 22.6. The molecule has 7 heteroatoms. The van der Waals surface area contributed by atoms with Gasteiger partial charge in [0, 0.05) is 52.8 Å². The lowest BCUT2D eigenvalue weighted by Crippen LogP contribution is -2.13. The minimum atomic E-state index is -0.548. The van der Waals surface area contributed by atoms with Crippen LogP contribution in [0.3, 0.4) is 0 Å². The average molecular weight is 338 g/mol. The van der Waals surface area contributed by atoms with E-state index in [9.17, 15) is 9.90 Å². The van der Waals surface area contributed by atoms with Crippen molar-refractivity contribution in [1.29, 1.82) is 0 Å². The van der Waals surface area contributed by atoms with Gasteiger partial charge in [-0.1, -0.05) is 0 Å². The molecule has 0 unspecified atom stereocenters. The van der Waals surface area contributed by atoms with E-state index in [1.165, 1.54) is 6.08 Å². The average Bonchev–Trinajstić information content (AvgIpc) is 3.01. The Morgan fingerprint density at radius 1 is 1.36 bits per heavy atom. The molecule has 0 saturated carbocycles. The van der Waals surface area contributed by atoms with Gasteiger partial charge < -0.3 is 20.6 Å². The smallest absolute Gasteiger partial charge is 0.241 e. The van der Waals surface area contributed by atoms with Crippen LogP contribution in [0.4, 0.5) is 0 Å². The highest BCUT2D eigenvalue weighted by atomic mass is 16.5. The molecule has 3 aromatic heterocycles. The fourth-order valence-electron chi connectivity index (χ4n) is 2.33. The van der Waals surface area contributed by atoms with E-state index in [2.05, 4.69) is 15.0 Å². The Hall–Kier alpha value is -3.19. The molecule has 0 aliphatic carbocycles. The van der Waals surface area contributed by atoms with Crippen LogP contribution in [-0.4, -0.2) is 38.7 Å². The first-order chi connectivity index (χ1) is 12.0. The largest absolute Gasteiger partial charge is 0.475 e. The van der Waals surface area contributed by atoms with Crippen molar-refractivity contribution in [2.24, 2.45) is 5.73 Å². The number of hydrogen-bond donors (Lipinski definition) is 3. The predicted octanol–water partition coefficient (Wildman–Crippen LogP) is 1.88. The fourth-order valence-corrected chi connectivity index (χ4v) is 2.33.